The van der Waals surface area contributed by atoms with Crippen molar-refractivity contribution < 1.29 is 4.21 Å². The van der Waals surface area contributed by atoms with E-state index in [0.29, 0.717) is 12.3 Å². The second kappa shape index (κ2) is 7.58. The van der Waals surface area contributed by atoms with Crippen LogP contribution in [0.3, 0.4) is 0 Å². The van der Waals surface area contributed by atoms with Crippen molar-refractivity contribution in [2.24, 2.45) is 5.73 Å². The predicted molar refractivity (Wildman–Crippen MR) is 70.6 cm³/mol. The molecular weight excluding hydrogens is 218 g/mol. The third-order valence-electron chi connectivity index (χ3n) is 2.63. The second-order valence-electron chi connectivity index (χ2n) is 3.97. The molecule has 0 saturated carbocycles. The van der Waals surface area contributed by atoms with E-state index in [1.807, 2.05) is 24.3 Å². The average Bonchev–Trinajstić information content (AvgIpc) is 2.30. The van der Waals surface area contributed by atoms with Gasteiger partial charge in [0.2, 0.25) is 0 Å². The lowest BCUT2D eigenvalue weighted by molar-refractivity contribution is 0.675. The van der Waals surface area contributed by atoms with Gasteiger partial charge >= 0.3 is 0 Å². The quantitative estimate of drug-likeness (QED) is 0.743. The Morgan fingerprint density at radius 3 is 2.50 bits per heavy atom. The molecule has 1 aromatic carbocycles. The van der Waals surface area contributed by atoms with Gasteiger partial charge in [-0.2, -0.15) is 0 Å². The number of hydrogen-bond acceptors (Lipinski definition) is 2. The van der Waals surface area contributed by atoms with Crippen molar-refractivity contribution in [3.63, 3.8) is 0 Å². The fraction of sp³-hybridized carbons (Fsp3) is 0.538. The molecule has 0 saturated heterocycles. The van der Waals surface area contributed by atoms with Gasteiger partial charge in [0.05, 0.1) is 0 Å². The molecule has 0 amide bonds. The molecule has 90 valence electrons. The molecule has 0 radical (unpaired) electrons. The molecule has 0 aliphatic carbocycles. The lowest BCUT2D eigenvalue weighted by Gasteiger charge is -2.07. The third-order valence-corrected chi connectivity index (χ3v) is 4.01. The van der Waals surface area contributed by atoms with E-state index >= 15 is 0 Å². The van der Waals surface area contributed by atoms with E-state index in [2.05, 4.69) is 6.92 Å². The topological polar surface area (TPSA) is 43.1 Å². The molecule has 3 heteroatoms. The highest BCUT2D eigenvalue weighted by Gasteiger charge is 2.05. The fourth-order valence-electron chi connectivity index (χ4n) is 1.66. The van der Waals surface area contributed by atoms with Gasteiger partial charge in [-0.25, -0.2) is 0 Å². The molecule has 1 unspecified atom stereocenters. The summed E-state index contributed by atoms with van der Waals surface area (Å²) < 4.78 is 11.8. The summed E-state index contributed by atoms with van der Waals surface area (Å²) in [6.45, 7) is 2.69. The number of unbranched alkanes of at least 4 members (excludes halogenated alkanes) is 2. The van der Waals surface area contributed by atoms with Gasteiger partial charge in [-0.1, -0.05) is 44.0 Å². The normalized spacial score (nSPS) is 12.6. The lowest BCUT2D eigenvalue weighted by Crippen LogP contribution is -2.06. The van der Waals surface area contributed by atoms with E-state index in [1.165, 1.54) is 12.8 Å². The van der Waals surface area contributed by atoms with Crippen molar-refractivity contribution in [3.8, 4) is 0 Å². The molecule has 0 aliphatic heterocycles. The number of hydrogen-bond donors (Lipinski definition) is 1. The van der Waals surface area contributed by atoms with Crippen molar-refractivity contribution in [2.75, 3.05) is 5.75 Å². The largest absolute Gasteiger partial charge is 0.326 e. The van der Waals surface area contributed by atoms with Crippen LogP contribution in [0.25, 0.3) is 0 Å². The first-order valence-corrected chi connectivity index (χ1v) is 7.38. The van der Waals surface area contributed by atoms with Crippen LogP contribution in [0, 0.1) is 0 Å². The first-order valence-electron chi connectivity index (χ1n) is 5.89. The van der Waals surface area contributed by atoms with Gasteiger partial charge in [0.15, 0.2) is 0 Å². The summed E-state index contributed by atoms with van der Waals surface area (Å²) in [5.41, 5.74) is 7.90. The maximum atomic E-state index is 11.8. The summed E-state index contributed by atoms with van der Waals surface area (Å²) >= 11 is 0. The minimum Gasteiger partial charge on any atom is -0.326 e. The minimum atomic E-state index is -0.740. The molecule has 2 N–H and O–H groups in total. The van der Waals surface area contributed by atoms with Crippen molar-refractivity contribution in [1.29, 1.82) is 0 Å². The van der Waals surface area contributed by atoms with Gasteiger partial charge in [0, 0.05) is 28.9 Å². The van der Waals surface area contributed by atoms with Gasteiger partial charge in [-0.15, -0.1) is 0 Å². The third kappa shape index (κ3) is 4.45. The Labute approximate surface area is 101 Å². The number of benzene rings is 1. The smallest absolute Gasteiger partial charge is 0.0488 e. The van der Waals surface area contributed by atoms with Crippen LogP contribution >= 0.6 is 0 Å². The van der Waals surface area contributed by atoms with E-state index in [4.69, 9.17) is 5.73 Å². The lowest BCUT2D eigenvalue weighted by atomic mass is 10.1. The van der Waals surface area contributed by atoms with Gasteiger partial charge < -0.3 is 5.73 Å². The molecule has 0 aromatic heterocycles. The summed E-state index contributed by atoms with van der Waals surface area (Å²) in [5.74, 6) is 1.46. The summed E-state index contributed by atoms with van der Waals surface area (Å²) in [6.07, 6.45) is 3.41. The summed E-state index contributed by atoms with van der Waals surface area (Å²) in [6, 6.07) is 8.00. The molecule has 0 fully saturated rings. The van der Waals surface area contributed by atoms with Crippen LogP contribution in [0.4, 0.5) is 0 Å². The summed E-state index contributed by atoms with van der Waals surface area (Å²) in [7, 11) is -0.740. The SMILES string of the molecule is CCCCCS(=O)Cc1ccccc1CN. The number of rotatable bonds is 7. The zero-order chi connectivity index (χ0) is 11.8. The summed E-state index contributed by atoms with van der Waals surface area (Å²) in [4.78, 5) is 0. The molecule has 0 spiro atoms. The van der Waals surface area contributed by atoms with E-state index in [9.17, 15) is 4.21 Å². The minimum absolute atomic E-state index is 0.530. The molecule has 16 heavy (non-hydrogen) atoms. The Morgan fingerprint density at radius 1 is 1.19 bits per heavy atom. The van der Waals surface area contributed by atoms with Crippen LogP contribution < -0.4 is 5.73 Å². The van der Waals surface area contributed by atoms with E-state index in [1.54, 1.807) is 0 Å². The van der Waals surface area contributed by atoms with Crippen molar-refractivity contribution in [3.05, 3.63) is 35.4 Å². The first-order chi connectivity index (χ1) is 7.77. The molecule has 0 heterocycles. The van der Waals surface area contributed by atoms with Gasteiger partial charge in [0.25, 0.3) is 0 Å². The Bertz CT molecular complexity index is 338. The van der Waals surface area contributed by atoms with Gasteiger partial charge in [-0.3, -0.25) is 4.21 Å². The second-order valence-corrected chi connectivity index (χ2v) is 5.54. The molecule has 1 aromatic rings. The highest BCUT2D eigenvalue weighted by atomic mass is 32.2. The summed E-state index contributed by atoms with van der Waals surface area (Å²) in [5, 5.41) is 0. The Balaban J connectivity index is 2.49. The van der Waals surface area contributed by atoms with Crippen molar-refractivity contribution in [2.45, 2.75) is 38.5 Å². The Hall–Kier alpha value is -0.670. The molecule has 1 rings (SSSR count). The molecular formula is C13H21NOS. The molecule has 2 nitrogen and oxygen atoms in total. The van der Waals surface area contributed by atoms with E-state index < -0.39 is 10.8 Å². The van der Waals surface area contributed by atoms with Crippen LogP contribution in [0.1, 0.15) is 37.3 Å². The maximum absolute atomic E-state index is 11.8. The maximum Gasteiger partial charge on any atom is 0.0488 e. The Kier molecular flexibility index (Phi) is 6.34. The zero-order valence-electron chi connectivity index (χ0n) is 9.95. The first kappa shape index (κ1) is 13.4. The van der Waals surface area contributed by atoms with Crippen molar-refractivity contribution in [1.82, 2.24) is 0 Å². The van der Waals surface area contributed by atoms with Crippen molar-refractivity contribution >= 4 is 10.8 Å². The zero-order valence-corrected chi connectivity index (χ0v) is 10.8. The predicted octanol–water partition coefficient (Wildman–Crippen LogP) is 2.58. The number of nitrogens with two attached hydrogens (primary N) is 1. The van der Waals surface area contributed by atoms with Crippen LogP contribution in [-0.2, 0) is 23.1 Å². The van der Waals surface area contributed by atoms with Gasteiger partial charge in [0.1, 0.15) is 0 Å². The van der Waals surface area contributed by atoms with E-state index in [-0.39, 0.29) is 0 Å². The van der Waals surface area contributed by atoms with Gasteiger partial charge in [-0.05, 0) is 17.5 Å². The molecule has 0 bridgehead atoms. The monoisotopic (exact) mass is 239 g/mol. The van der Waals surface area contributed by atoms with Crippen LogP contribution in [0.2, 0.25) is 0 Å². The average molecular weight is 239 g/mol. The Morgan fingerprint density at radius 2 is 1.88 bits per heavy atom. The molecule has 0 aliphatic rings. The van der Waals surface area contributed by atoms with Crippen LogP contribution in [0.15, 0.2) is 24.3 Å². The fourth-order valence-corrected chi connectivity index (χ4v) is 2.96. The molecule has 1 atom stereocenters. The standard InChI is InChI=1S/C13H21NOS/c1-2-3-6-9-16(15)11-13-8-5-4-7-12(13)10-14/h4-5,7-8H,2-3,6,9-11,14H2,1H3. The highest BCUT2D eigenvalue weighted by Crippen LogP contribution is 2.11. The van der Waals surface area contributed by atoms with Crippen LogP contribution in [-0.4, -0.2) is 9.96 Å². The van der Waals surface area contributed by atoms with Crippen LogP contribution in [0.5, 0.6) is 0 Å². The van der Waals surface area contributed by atoms with E-state index in [0.717, 1.165) is 23.3 Å². The highest BCUT2D eigenvalue weighted by molar-refractivity contribution is 7.84.